The van der Waals surface area contributed by atoms with E-state index in [0.29, 0.717) is 0 Å². The molecule has 5 N–H and O–H groups in total. The molecule has 0 saturated carbocycles. The fraction of sp³-hybridized carbons (Fsp3) is 0.188. The topological polar surface area (TPSA) is 108 Å². The number of allylic oxidation sites excluding steroid dienone is 1. The molecule has 0 fully saturated rings. The quantitative estimate of drug-likeness (QED) is 0.360. The summed E-state index contributed by atoms with van der Waals surface area (Å²) in [5, 5.41) is 10.4. The second-order valence-corrected chi connectivity index (χ2v) is 6.52. The van der Waals surface area contributed by atoms with Crippen molar-refractivity contribution in [1.82, 2.24) is 9.97 Å². The average Bonchev–Trinajstić information content (AvgIpc) is 2.67. The van der Waals surface area contributed by atoms with E-state index in [1.165, 1.54) is 18.3 Å². The summed E-state index contributed by atoms with van der Waals surface area (Å²) in [5.41, 5.74) is 5.69. The molecule has 2 rings (SSSR count). The first-order valence-corrected chi connectivity index (χ1v) is 8.63. The minimum atomic E-state index is -2.50. The summed E-state index contributed by atoms with van der Waals surface area (Å²) in [4.78, 5) is 11.8. The van der Waals surface area contributed by atoms with Gasteiger partial charge in [0.25, 0.3) is 0 Å². The van der Waals surface area contributed by atoms with Crippen LogP contribution in [0.3, 0.4) is 0 Å². The molecule has 0 spiro atoms. The molecule has 0 aliphatic carbocycles. The van der Waals surface area contributed by atoms with Gasteiger partial charge >= 0.3 is 0 Å². The summed E-state index contributed by atoms with van der Waals surface area (Å²) >= 11 is 6.04. The van der Waals surface area contributed by atoms with Crippen LogP contribution in [-0.2, 0) is 6.54 Å². The molecule has 0 aliphatic heterocycles. The van der Waals surface area contributed by atoms with Crippen LogP contribution in [0.25, 0.3) is 0 Å². The molecule has 0 atom stereocenters. The maximum absolute atomic E-state index is 13.8. The zero-order valence-electron chi connectivity index (χ0n) is 15.5. The zero-order chi connectivity index (χ0) is 22.5. The van der Waals surface area contributed by atoms with Crippen molar-refractivity contribution < 1.29 is 13.9 Å². The van der Waals surface area contributed by atoms with Gasteiger partial charge in [0.2, 0.25) is 5.95 Å². The van der Waals surface area contributed by atoms with E-state index in [-0.39, 0.29) is 34.6 Å². The number of hydrogen-bond donors (Lipinski definition) is 4. The Morgan fingerprint density at radius 1 is 1.30 bits per heavy atom. The van der Waals surface area contributed by atoms with Crippen molar-refractivity contribution in [3.8, 4) is 0 Å². The highest BCUT2D eigenvalue weighted by molar-refractivity contribution is 6.54. The predicted molar refractivity (Wildman–Crippen MR) is 116 cm³/mol. The van der Waals surface area contributed by atoms with Crippen LogP contribution in [0, 0.1) is 11.6 Å². The number of halogens is 3. The molecule has 0 bridgehead atoms. The number of benzene rings is 1. The minimum Gasteiger partial charge on any atom is -0.408 e. The third-order valence-corrected chi connectivity index (χ3v) is 3.99. The number of nitrogens with zero attached hydrogens (tertiary/aromatic N) is 3. The van der Waals surface area contributed by atoms with Gasteiger partial charge in [-0.3, -0.25) is 0 Å². The molecular weight excluding hydrogens is 409 g/mol. The molecule has 0 saturated heterocycles. The first-order chi connectivity index (χ1) is 13.9. The molecule has 146 valence electrons. The van der Waals surface area contributed by atoms with Crippen LogP contribution in [0.4, 0.5) is 20.5 Å². The van der Waals surface area contributed by atoms with Gasteiger partial charge in [-0.2, -0.15) is 4.98 Å². The molecule has 1 aromatic heterocycles. The Bertz CT molecular complexity index is 971. The summed E-state index contributed by atoms with van der Waals surface area (Å²) in [6.45, 7) is -0.0880. The van der Waals surface area contributed by atoms with Crippen LogP contribution < -0.4 is 16.4 Å². The van der Waals surface area contributed by atoms with Crippen LogP contribution in [0.2, 0.25) is 5.02 Å². The normalized spacial score (nSPS) is 12.9. The fourth-order valence-corrected chi connectivity index (χ4v) is 2.10. The summed E-state index contributed by atoms with van der Waals surface area (Å²) in [6.07, 6.45) is 3.40. The number of nitrogens with one attached hydrogen (secondary N) is 2. The standard InChI is InChI=1S/C16H13B4ClF2N6O/c17-15(18,16(19,20)30)27-6-9(4-24)28-14-26-7-10(21)13(29-14)25-5-8-2-1-3-11(22)12(8)23/h1-4,6-7,30H,5,24H2,(H2,25,26,28,29)/b9-4+,27-6+. The lowest BCUT2D eigenvalue weighted by Crippen LogP contribution is -2.55. The van der Waals surface area contributed by atoms with E-state index < -0.39 is 22.4 Å². The number of aliphatic hydroxyl groups is 1. The van der Waals surface area contributed by atoms with Crippen molar-refractivity contribution >= 4 is 61.0 Å². The van der Waals surface area contributed by atoms with Gasteiger partial charge in [-0.15, -0.1) is 0 Å². The van der Waals surface area contributed by atoms with Gasteiger partial charge < -0.3 is 26.5 Å². The molecule has 1 aromatic carbocycles. The maximum Gasteiger partial charge on any atom is 0.229 e. The van der Waals surface area contributed by atoms with Crippen molar-refractivity contribution in [2.75, 3.05) is 10.6 Å². The largest absolute Gasteiger partial charge is 0.408 e. The van der Waals surface area contributed by atoms with E-state index in [9.17, 15) is 13.9 Å². The van der Waals surface area contributed by atoms with Crippen LogP contribution >= 0.6 is 11.6 Å². The first-order valence-electron chi connectivity index (χ1n) is 8.26. The van der Waals surface area contributed by atoms with Gasteiger partial charge in [0.1, 0.15) is 20.7 Å². The summed E-state index contributed by atoms with van der Waals surface area (Å²) in [7, 11) is 21.5. The number of hydrogen-bond acceptors (Lipinski definition) is 7. The van der Waals surface area contributed by atoms with Crippen molar-refractivity contribution in [2.45, 2.75) is 17.3 Å². The molecule has 8 radical (unpaired) electrons. The van der Waals surface area contributed by atoms with Gasteiger partial charge in [-0.25, -0.2) is 13.8 Å². The number of aromatic nitrogens is 2. The number of nitrogens with two attached hydrogens (primary N) is 1. The van der Waals surface area contributed by atoms with Crippen LogP contribution in [0.1, 0.15) is 5.56 Å². The van der Waals surface area contributed by atoms with E-state index >= 15 is 0 Å². The lowest BCUT2D eigenvalue weighted by Gasteiger charge is -2.36. The second-order valence-electron chi connectivity index (χ2n) is 6.11. The molecule has 7 nitrogen and oxygen atoms in total. The third-order valence-electron chi connectivity index (χ3n) is 3.72. The third kappa shape index (κ3) is 5.99. The van der Waals surface area contributed by atoms with Crippen LogP contribution in [-0.4, -0.2) is 63.4 Å². The molecule has 30 heavy (non-hydrogen) atoms. The van der Waals surface area contributed by atoms with E-state index in [1.54, 1.807) is 0 Å². The summed E-state index contributed by atoms with van der Waals surface area (Å²) in [5.74, 6) is -1.80. The predicted octanol–water partition coefficient (Wildman–Crippen LogP) is 0.277. The minimum absolute atomic E-state index is 0.0140. The highest BCUT2D eigenvalue weighted by atomic mass is 35.5. The Balaban J connectivity index is 2.15. The van der Waals surface area contributed by atoms with Gasteiger partial charge in [0.05, 0.1) is 27.6 Å². The van der Waals surface area contributed by atoms with Crippen molar-refractivity contribution in [2.24, 2.45) is 10.7 Å². The molecule has 1 heterocycles. The molecule has 0 aliphatic rings. The molecule has 2 aromatic rings. The number of anilines is 2. The van der Waals surface area contributed by atoms with Crippen molar-refractivity contribution in [1.29, 1.82) is 0 Å². The Hall–Kier alpha value is -2.52. The van der Waals surface area contributed by atoms with E-state index in [2.05, 4.69) is 25.6 Å². The SMILES string of the molecule is [B]C([B])(O)C([B])([B])/N=C/C(=C\N)Nc1ncc(Cl)c(NCc2cccc(F)c2F)n1. The lowest BCUT2D eigenvalue weighted by atomic mass is 9.40. The second kappa shape index (κ2) is 9.53. The first kappa shape index (κ1) is 23.8. The van der Waals surface area contributed by atoms with Crippen LogP contribution in [0.15, 0.2) is 41.3 Å². The smallest absolute Gasteiger partial charge is 0.229 e. The summed E-state index contributed by atoms with van der Waals surface area (Å²) in [6, 6.07) is 3.79. The lowest BCUT2D eigenvalue weighted by molar-refractivity contribution is 0.196. The summed E-state index contributed by atoms with van der Waals surface area (Å²) < 4.78 is 27.1. The van der Waals surface area contributed by atoms with Gasteiger partial charge in [-0.1, -0.05) is 23.7 Å². The van der Waals surface area contributed by atoms with E-state index in [1.807, 2.05) is 0 Å². The Labute approximate surface area is 182 Å². The molecule has 14 heteroatoms. The van der Waals surface area contributed by atoms with Gasteiger partial charge in [-0.05, 0) is 16.8 Å². The van der Waals surface area contributed by atoms with Gasteiger partial charge in [0, 0.05) is 24.5 Å². The molecule has 0 unspecified atom stereocenters. The Morgan fingerprint density at radius 2 is 2.00 bits per heavy atom. The van der Waals surface area contributed by atoms with Crippen LogP contribution in [0.5, 0.6) is 0 Å². The van der Waals surface area contributed by atoms with Crippen molar-refractivity contribution in [3.63, 3.8) is 0 Å². The molecular formula is C16H13B4ClF2N6O. The highest BCUT2D eigenvalue weighted by Crippen LogP contribution is 2.22. The fourth-order valence-electron chi connectivity index (χ4n) is 1.94. The van der Waals surface area contributed by atoms with E-state index in [4.69, 9.17) is 48.7 Å². The number of aliphatic imine (C=N–C) groups is 1. The number of rotatable bonds is 8. The Kier molecular flexibility index (Phi) is 7.54. The molecule has 0 amide bonds. The Morgan fingerprint density at radius 3 is 2.63 bits per heavy atom. The monoisotopic (exact) mass is 422 g/mol. The van der Waals surface area contributed by atoms with Gasteiger partial charge in [0.15, 0.2) is 17.5 Å². The van der Waals surface area contributed by atoms with Crippen molar-refractivity contribution in [3.05, 3.63) is 58.5 Å². The average molecular weight is 422 g/mol. The van der Waals surface area contributed by atoms with E-state index in [0.717, 1.165) is 18.5 Å². The maximum atomic E-state index is 13.8. The zero-order valence-corrected chi connectivity index (χ0v) is 16.2. The highest BCUT2D eigenvalue weighted by Gasteiger charge is 2.31.